The van der Waals surface area contributed by atoms with Crippen LogP contribution in [-0.2, 0) is 0 Å². The molecule has 0 aliphatic heterocycles. The van der Waals surface area contributed by atoms with E-state index in [9.17, 15) is 0 Å². The van der Waals surface area contributed by atoms with Gasteiger partial charge in [-0.3, -0.25) is 4.98 Å². The Bertz CT molecular complexity index is 417. The molecule has 1 rings (SSSR count). The topological polar surface area (TPSA) is 42.2 Å². The zero-order chi connectivity index (χ0) is 15.1. The van der Waals surface area contributed by atoms with Gasteiger partial charge in [-0.15, -0.1) is 0 Å². The van der Waals surface area contributed by atoms with E-state index in [0.29, 0.717) is 16.8 Å². The first-order chi connectivity index (χ1) is 9.41. The van der Waals surface area contributed by atoms with Gasteiger partial charge in [0.1, 0.15) is 10.7 Å². The van der Waals surface area contributed by atoms with E-state index in [1.165, 1.54) is 0 Å². The second kappa shape index (κ2) is 8.20. The number of hydrogen-bond donors (Lipinski definition) is 1. The van der Waals surface area contributed by atoms with Gasteiger partial charge in [0.25, 0.3) is 0 Å². The normalized spacial score (nSPS) is 11.1. The van der Waals surface area contributed by atoms with Crippen LogP contribution in [-0.4, -0.2) is 23.1 Å². The highest BCUT2D eigenvalue weighted by atomic mass is 32.1. The van der Waals surface area contributed by atoms with Gasteiger partial charge >= 0.3 is 0 Å². The largest absolute Gasteiger partial charge is 0.388 e. The molecule has 112 valence electrons. The molecule has 0 bridgehead atoms. The van der Waals surface area contributed by atoms with Crippen LogP contribution in [0.4, 0.5) is 5.69 Å². The molecule has 0 aliphatic rings. The van der Waals surface area contributed by atoms with E-state index in [4.69, 9.17) is 18.0 Å². The first-order valence-corrected chi connectivity index (χ1v) is 7.82. The molecule has 0 radical (unpaired) electrons. The Morgan fingerprint density at radius 1 is 1.20 bits per heavy atom. The summed E-state index contributed by atoms with van der Waals surface area (Å²) in [7, 11) is 0. The van der Waals surface area contributed by atoms with Gasteiger partial charge in [-0.05, 0) is 36.8 Å². The zero-order valence-electron chi connectivity index (χ0n) is 13.1. The van der Waals surface area contributed by atoms with Crippen LogP contribution >= 0.6 is 12.2 Å². The van der Waals surface area contributed by atoms with Crippen LogP contribution in [0.2, 0.25) is 0 Å². The van der Waals surface area contributed by atoms with Crippen LogP contribution in [0.5, 0.6) is 0 Å². The smallest absolute Gasteiger partial charge is 0.124 e. The van der Waals surface area contributed by atoms with Crippen LogP contribution in [0.1, 0.15) is 46.2 Å². The van der Waals surface area contributed by atoms with E-state index in [0.717, 1.165) is 37.3 Å². The summed E-state index contributed by atoms with van der Waals surface area (Å²) in [6.45, 7) is 11.0. The van der Waals surface area contributed by atoms with Crippen molar-refractivity contribution in [3.8, 4) is 0 Å². The van der Waals surface area contributed by atoms with Crippen LogP contribution in [0.25, 0.3) is 0 Å². The molecule has 0 saturated heterocycles. The third-order valence-corrected chi connectivity index (χ3v) is 3.51. The fourth-order valence-electron chi connectivity index (χ4n) is 2.02. The molecule has 2 N–H and O–H groups in total. The lowest BCUT2D eigenvalue weighted by atomic mass is 10.1. The second-order valence-electron chi connectivity index (χ2n) is 6.09. The first kappa shape index (κ1) is 16.9. The van der Waals surface area contributed by atoms with E-state index >= 15 is 0 Å². The molecule has 3 nitrogen and oxygen atoms in total. The molecule has 0 aromatic carbocycles. The van der Waals surface area contributed by atoms with Crippen molar-refractivity contribution in [1.29, 1.82) is 0 Å². The van der Waals surface area contributed by atoms with Crippen molar-refractivity contribution in [1.82, 2.24) is 4.98 Å². The van der Waals surface area contributed by atoms with Crippen LogP contribution in [0.3, 0.4) is 0 Å². The minimum Gasteiger partial charge on any atom is -0.388 e. The highest BCUT2D eigenvalue weighted by Gasteiger charge is 2.14. The minimum atomic E-state index is 0.375. The van der Waals surface area contributed by atoms with Gasteiger partial charge in [0.05, 0.1) is 5.69 Å². The molecule has 0 unspecified atom stereocenters. The highest BCUT2D eigenvalue weighted by molar-refractivity contribution is 7.80. The molecular weight excluding hydrogens is 266 g/mol. The van der Waals surface area contributed by atoms with Gasteiger partial charge in [0.15, 0.2) is 0 Å². The molecule has 0 spiro atoms. The van der Waals surface area contributed by atoms with Gasteiger partial charge < -0.3 is 10.6 Å². The van der Waals surface area contributed by atoms with Crippen molar-refractivity contribution in [3.63, 3.8) is 0 Å². The molecular formula is C16H27N3S. The number of nitrogens with two attached hydrogens (primary N) is 1. The molecule has 0 saturated carbocycles. The van der Waals surface area contributed by atoms with Crippen molar-refractivity contribution in [2.45, 2.75) is 40.5 Å². The molecule has 1 heterocycles. The Balaban J connectivity index is 2.93. The summed E-state index contributed by atoms with van der Waals surface area (Å²) in [6.07, 6.45) is 4.06. The van der Waals surface area contributed by atoms with E-state index in [1.807, 2.05) is 6.07 Å². The number of aromatic nitrogens is 1. The predicted molar refractivity (Wildman–Crippen MR) is 91.2 cm³/mol. The number of hydrogen-bond acceptors (Lipinski definition) is 3. The summed E-state index contributed by atoms with van der Waals surface area (Å²) in [6, 6.07) is 4.02. The van der Waals surface area contributed by atoms with E-state index in [-0.39, 0.29) is 0 Å². The minimum absolute atomic E-state index is 0.375. The number of anilines is 1. The van der Waals surface area contributed by atoms with E-state index in [2.05, 4.69) is 43.6 Å². The SMILES string of the molecule is CC(C)CCN(CCC(C)C)c1cccnc1C(N)=S. The molecule has 1 aromatic heterocycles. The van der Waals surface area contributed by atoms with E-state index in [1.54, 1.807) is 6.20 Å². The maximum Gasteiger partial charge on any atom is 0.124 e. The Morgan fingerprint density at radius 2 is 1.75 bits per heavy atom. The predicted octanol–water partition coefficient (Wildman–Crippen LogP) is 3.61. The Labute approximate surface area is 128 Å². The fraction of sp³-hybridized carbons (Fsp3) is 0.625. The van der Waals surface area contributed by atoms with Gasteiger partial charge in [0.2, 0.25) is 0 Å². The lowest BCUT2D eigenvalue weighted by molar-refractivity contribution is 0.535. The average Bonchev–Trinajstić information content (AvgIpc) is 2.38. The Kier molecular flexibility index (Phi) is 6.93. The molecule has 0 atom stereocenters. The summed E-state index contributed by atoms with van der Waals surface area (Å²) in [5.74, 6) is 1.36. The number of rotatable bonds is 8. The molecule has 0 aliphatic carbocycles. The molecule has 4 heteroatoms. The monoisotopic (exact) mass is 293 g/mol. The zero-order valence-corrected chi connectivity index (χ0v) is 13.9. The summed E-state index contributed by atoms with van der Waals surface area (Å²) < 4.78 is 0. The number of pyridine rings is 1. The van der Waals surface area contributed by atoms with Crippen molar-refractivity contribution in [2.24, 2.45) is 17.6 Å². The summed E-state index contributed by atoms with van der Waals surface area (Å²) in [5.41, 5.74) is 7.62. The Morgan fingerprint density at radius 3 is 2.20 bits per heavy atom. The third-order valence-electron chi connectivity index (χ3n) is 3.31. The van der Waals surface area contributed by atoms with Crippen molar-refractivity contribution < 1.29 is 0 Å². The van der Waals surface area contributed by atoms with Crippen LogP contribution < -0.4 is 10.6 Å². The fourth-order valence-corrected chi connectivity index (χ4v) is 2.18. The maximum atomic E-state index is 5.81. The number of thiocarbonyl (C=S) groups is 1. The summed E-state index contributed by atoms with van der Waals surface area (Å²) in [4.78, 5) is 7.10. The van der Waals surface area contributed by atoms with Crippen molar-refractivity contribution >= 4 is 22.9 Å². The second-order valence-corrected chi connectivity index (χ2v) is 6.53. The summed E-state index contributed by atoms with van der Waals surface area (Å²) in [5, 5.41) is 0. The maximum absolute atomic E-state index is 5.81. The standard InChI is InChI=1S/C16H27N3S/c1-12(2)7-10-19(11-8-13(3)4)14-6-5-9-18-15(14)16(17)20/h5-6,9,12-13H,7-8,10-11H2,1-4H3,(H2,17,20). The average molecular weight is 293 g/mol. The van der Waals surface area contributed by atoms with Crippen LogP contribution in [0.15, 0.2) is 18.3 Å². The van der Waals surface area contributed by atoms with Crippen LogP contribution in [0, 0.1) is 11.8 Å². The Hall–Kier alpha value is -1.16. The third kappa shape index (κ3) is 5.45. The highest BCUT2D eigenvalue weighted by Crippen LogP contribution is 2.21. The molecule has 20 heavy (non-hydrogen) atoms. The summed E-state index contributed by atoms with van der Waals surface area (Å²) >= 11 is 5.13. The van der Waals surface area contributed by atoms with Gasteiger partial charge in [-0.1, -0.05) is 39.9 Å². The van der Waals surface area contributed by atoms with Gasteiger partial charge in [0, 0.05) is 19.3 Å². The van der Waals surface area contributed by atoms with Gasteiger partial charge in [-0.2, -0.15) is 0 Å². The van der Waals surface area contributed by atoms with E-state index < -0.39 is 0 Å². The molecule has 0 fully saturated rings. The molecule has 1 aromatic rings. The lowest BCUT2D eigenvalue weighted by Gasteiger charge is -2.28. The van der Waals surface area contributed by atoms with Gasteiger partial charge in [-0.25, -0.2) is 0 Å². The number of nitrogens with zero attached hydrogens (tertiary/aromatic N) is 2. The first-order valence-electron chi connectivity index (χ1n) is 7.41. The lowest BCUT2D eigenvalue weighted by Crippen LogP contribution is -2.30. The quantitative estimate of drug-likeness (QED) is 0.743. The van der Waals surface area contributed by atoms with Crippen molar-refractivity contribution in [2.75, 3.05) is 18.0 Å². The molecule has 0 amide bonds. The van der Waals surface area contributed by atoms with Crippen molar-refractivity contribution in [3.05, 3.63) is 24.0 Å².